The minimum atomic E-state index is 0.452. The third kappa shape index (κ3) is 11.1. The van der Waals surface area contributed by atoms with Crippen molar-refractivity contribution in [2.75, 3.05) is 49.8 Å². The zero-order chi connectivity index (χ0) is 40.9. The molecule has 0 saturated carbocycles. The molecule has 0 saturated heterocycles. The van der Waals surface area contributed by atoms with E-state index >= 15 is 0 Å². The van der Waals surface area contributed by atoms with E-state index in [9.17, 15) is 0 Å². The van der Waals surface area contributed by atoms with Crippen LogP contribution in [0.15, 0.2) is 115 Å². The summed E-state index contributed by atoms with van der Waals surface area (Å²) in [5.74, 6) is 7.20. The predicted octanol–water partition coefficient (Wildman–Crippen LogP) is 10.7. The summed E-state index contributed by atoms with van der Waals surface area (Å²) in [6.45, 7) is 0. The van der Waals surface area contributed by atoms with Crippen molar-refractivity contribution in [3.8, 4) is 63.2 Å². The van der Waals surface area contributed by atoms with Crippen molar-refractivity contribution >= 4 is 0 Å². The molecule has 0 unspecified atom stereocenters. The van der Waals surface area contributed by atoms with Gasteiger partial charge in [-0.1, -0.05) is 24.3 Å². The van der Waals surface area contributed by atoms with Gasteiger partial charge in [0.05, 0.1) is 49.8 Å². The minimum Gasteiger partial charge on any atom is -0.497 e. The molecule has 0 atom stereocenters. The van der Waals surface area contributed by atoms with Gasteiger partial charge >= 0.3 is 0 Å². The zero-order valence-corrected chi connectivity index (χ0v) is 34.4. The maximum Gasteiger partial charge on any atom is 0.204 e. The van der Waals surface area contributed by atoms with Crippen LogP contribution in [0.25, 0.3) is 0 Å². The van der Waals surface area contributed by atoms with Gasteiger partial charge in [0.25, 0.3) is 0 Å². The number of rotatable bonds is 20. The highest BCUT2D eigenvalue weighted by Crippen LogP contribution is 2.44. The Morgan fingerprint density at radius 2 is 0.569 bits per heavy atom. The number of benzene rings is 6. The number of hydrogen-bond donors (Lipinski definition) is 0. The molecule has 6 rings (SSSR count). The lowest BCUT2D eigenvalue weighted by Crippen LogP contribution is -2.00. The third-order valence-electron chi connectivity index (χ3n) is 9.88. The summed E-state index contributed by atoms with van der Waals surface area (Å²) in [5, 5.41) is 0. The Balaban J connectivity index is 1.33. The highest BCUT2D eigenvalue weighted by atomic mass is 16.5. The minimum absolute atomic E-state index is 0.452. The van der Waals surface area contributed by atoms with Crippen molar-refractivity contribution in [1.29, 1.82) is 0 Å². The van der Waals surface area contributed by atoms with E-state index in [0.29, 0.717) is 53.1 Å². The quantitative estimate of drug-likeness (QED) is 0.0751. The molecule has 0 spiro atoms. The smallest absolute Gasteiger partial charge is 0.204 e. The van der Waals surface area contributed by atoms with Gasteiger partial charge in [-0.3, -0.25) is 0 Å². The SMILES string of the molecule is COc1cccc(CCc2cc(OC)cc(Oc3cc(CCc4cc(OC)cc(OC)c4)cc(Oc4cc(CCc5cccc(OC)c5)cc(OC)c4)c3OC)c2)c1. The summed E-state index contributed by atoms with van der Waals surface area (Å²) < 4.78 is 52.9. The number of hydrogen-bond acceptors (Lipinski definition) is 9. The summed E-state index contributed by atoms with van der Waals surface area (Å²) >= 11 is 0. The molecule has 0 heterocycles. The molecule has 0 fully saturated rings. The van der Waals surface area contributed by atoms with E-state index in [1.807, 2.05) is 91.0 Å². The maximum absolute atomic E-state index is 6.71. The van der Waals surface area contributed by atoms with E-state index in [4.69, 9.17) is 42.6 Å². The van der Waals surface area contributed by atoms with Gasteiger partial charge in [-0.15, -0.1) is 0 Å². The van der Waals surface area contributed by atoms with Crippen molar-refractivity contribution < 1.29 is 42.6 Å². The number of ether oxygens (including phenoxy) is 9. The molecule has 6 aromatic rings. The number of aryl methyl sites for hydroxylation is 6. The molecular weight excluding hydrogens is 733 g/mol. The van der Waals surface area contributed by atoms with Crippen LogP contribution in [0.4, 0.5) is 0 Å². The average Bonchev–Trinajstić information content (AvgIpc) is 3.26. The summed E-state index contributed by atoms with van der Waals surface area (Å²) in [5.41, 5.74) is 6.53. The topological polar surface area (TPSA) is 83.1 Å². The van der Waals surface area contributed by atoms with Gasteiger partial charge in [-0.25, -0.2) is 0 Å². The van der Waals surface area contributed by atoms with Crippen LogP contribution in [0.5, 0.6) is 63.2 Å². The molecule has 0 N–H and O–H groups in total. The average molecular weight is 785 g/mol. The molecule has 58 heavy (non-hydrogen) atoms. The Kier molecular flexibility index (Phi) is 14.3. The van der Waals surface area contributed by atoms with Crippen molar-refractivity contribution in [3.63, 3.8) is 0 Å². The highest BCUT2D eigenvalue weighted by Gasteiger charge is 2.19. The first-order valence-electron chi connectivity index (χ1n) is 19.2. The Morgan fingerprint density at radius 1 is 0.276 bits per heavy atom. The van der Waals surface area contributed by atoms with Gasteiger partial charge in [-0.05, 0) is 145 Å². The van der Waals surface area contributed by atoms with E-state index in [1.54, 1.807) is 49.8 Å². The van der Waals surface area contributed by atoms with Crippen LogP contribution >= 0.6 is 0 Å². The van der Waals surface area contributed by atoms with E-state index in [2.05, 4.69) is 24.3 Å². The lowest BCUT2D eigenvalue weighted by atomic mass is 10.0. The van der Waals surface area contributed by atoms with Crippen molar-refractivity contribution in [2.24, 2.45) is 0 Å². The van der Waals surface area contributed by atoms with Crippen LogP contribution in [0.1, 0.15) is 33.4 Å². The largest absolute Gasteiger partial charge is 0.497 e. The van der Waals surface area contributed by atoms with Crippen LogP contribution < -0.4 is 42.6 Å². The zero-order valence-electron chi connectivity index (χ0n) is 34.4. The summed E-state index contributed by atoms with van der Waals surface area (Å²) in [4.78, 5) is 0. The Morgan fingerprint density at radius 3 is 0.914 bits per heavy atom. The first-order valence-corrected chi connectivity index (χ1v) is 19.2. The molecule has 0 bridgehead atoms. The fraction of sp³-hybridized carbons (Fsp3) is 0.265. The lowest BCUT2D eigenvalue weighted by molar-refractivity contribution is 0.350. The van der Waals surface area contributed by atoms with Crippen molar-refractivity contribution in [1.82, 2.24) is 0 Å². The van der Waals surface area contributed by atoms with Gasteiger partial charge in [0.2, 0.25) is 5.75 Å². The van der Waals surface area contributed by atoms with Crippen LogP contribution in [0.3, 0.4) is 0 Å². The van der Waals surface area contributed by atoms with Crippen LogP contribution in [0, 0.1) is 0 Å². The van der Waals surface area contributed by atoms with Gasteiger partial charge in [0.15, 0.2) is 11.5 Å². The van der Waals surface area contributed by atoms with E-state index < -0.39 is 0 Å². The Hall–Kier alpha value is -6.48. The van der Waals surface area contributed by atoms with E-state index in [1.165, 1.54) is 11.1 Å². The van der Waals surface area contributed by atoms with Gasteiger partial charge in [0.1, 0.15) is 46.0 Å². The third-order valence-corrected chi connectivity index (χ3v) is 9.88. The van der Waals surface area contributed by atoms with Gasteiger partial charge < -0.3 is 42.6 Å². The molecule has 0 aliphatic rings. The normalized spacial score (nSPS) is 10.7. The lowest BCUT2D eigenvalue weighted by Gasteiger charge is -2.19. The summed E-state index contributed by atoms with van der Waals surface area (Å²) in [7, 11) is 11.6. The summed E-state index contributed by atoms with van der Waals surface area (Å²) in [6, 6.07) is 38.0. The van der Waals surface area contributed by atoms with Crippen LogP contribution in [0.2, 0.25) is 0 Å². The van der Waals surface area contributed by atoms with Crippen LogP contribution in [-0.2, 0) is 38.5 Å². The van der Waals surface area contributed by atoms with Gasteiger partial charge in [-0.2, -0.15) is 0 Å². The molecule has 9 nitrogen and oxygen atoms in total. The molecule has 302 valence electrons. The second-order valence-corrected chi connectivity index (χ2v) is 13.8. The molecule has 0 aromatic heterocycles. The Labute approximate surface area is 341 Å². The number of methoxy groups -OCH3 is 7. The second-order valence-electron chi connectivity index (χ2n) is 13.8. The standard InChI is InChI=1S/C49H52O9/c1-50-39-12-8-10-33(20-39)14-16-36-24-43(54-5)31-45(26-36)57-47-28-38(19-18-35-22-41(52-3)30-42(23-35)53-4)29-48(49(47)56-7)58-46-27-37(25-44(32-46)55-6)17-15-34-11-9-13-40(21-34)51-2/h8-13,20-32H,14-19H2,1-7H3. The monoisotopic (exact) mass is 784 g/mol. The van der Waals surface area contributed by atoms with Crippen molar-refractivity contribution in [3.05, 3.63) is 149 Å². The molecule has 0 aliphatic carbocycles. The first kappa shape index (κ1) is 41.2. The molecule has 0 radical (unpaired) electrons. The predicted molar refractivity (Wildman–Crippen MR) is 227 cm³/mol. The van der Waals surface area contributed by atoms with Gasteiger partial charge in [0, 0.05) is 18.2 Å². The van der Waals surface area contributed by atoms with Crippen LogP contribution in [-0.4, -0.2) is 49.8 Å². The van der Waals surface area contributed by atoms with E-state index in [0.717, 1.165) is 70.9 Å². The summed E-state index contributed by atoms with van der Waals surface area (Å²) in [6.07, 6.45) is 4.55. The fourth-order valence-electron chi connectivity index (χ4n) is 6.82. The molecule has 9 heteroatoms. The maximum atomic E-state index is 6.71. The molecular formula is C49H52O9. The Bertz CT molecular complexity index is 2130. The highest BCUT2D eigenvalue weighted by molar-refractivity contribution is 5.58. The second kappa shape index (κ2) is 20.1. The van der Waals surface area contributed by atoms with Crippen molar-refractivity contribution in [2.45, 2.75) is 38.5 Å². The van der Waals surface area contributed by atoms with E-state index in [-0.39, 0.29) is 0 Å². The fourth-order valence-corrected chi connectivity index (χ4v) is 6.82. The molecule has 6 aromatic carbocycles. The molecule has 0 amide bonds. The first-order chi connectivity index (χ1) is 28.3. The molecule has 0 aliphatic heterocycles.